The molecule has 3 N–H and O–H groups in total. The van der Waals surface area contributed by atoms with Gasteiger partial charge in [-0.15, -0.1) is 24.8 Å². The maximum Gasteiger partial charge on any atom is 0.223 e. The summed E-state index contributed by atoms with van der Waals surface area (Å²) in [5.41, 5.74) is 6.02. The van der Waals surface area contributed by atoms with Crippen LogP contribution in [0.4, 0.5) is 0 Å². The summed E-state index contributed by atoms with van der Waals surface area (Å²) in [6.45, 7) is 7.46. The molecule has 21 heavy (non-hydrogen) atoms. The molecule has 128 valence electrons. The standard InChI is InChI=1S/C15H31N3O.2ClH/c1-11(15(2,3)10-18(4)5)17-14(19)12-7-6-8-13(16)9-12;;/h11-13H,6-10,16H2,1-5H3,(H,17,19);2*1H. The maximum atomic E-state index is 12.3. The Bertz CT molecular complexity index is 311. The number of nitrogens with one attached hydrogen (secondary N) is 1. The molecule has 0 aliphatic heterocycles. The van der Waals surface area contributed by atoms with Crippen LogP contribution in [0, 0.1) is 11.3 Å². The van der Waals surface area contributed by atoms with Gasteiger partial charge in [0, 0.05) is 24.5 Å². The highest BCUT2D eigenvalue weighted by molar-refractivity contribution is 5.85. The Morgan fingerprint density at radius 1 is 1.33 bits per heavy atom. The molecule has 1 aliphatic rings. The molecule has 0 heterocycles. The molecular formula is C15H33Cl2N3O. The second-order valence-electron chi connectivity index (χ2n) is 7.08. The van der Waals surface area contributed by atoms with Gasteiger partial charge in [0.2, 0.25) is 5.91 Å². The van der Waals surface area contributed by atoms with E-state index in [2.05, 4.69) is 45.1 Å². The summed E-state index contributed by atoms with van der Waals surface area (Å²) in [6.07, 6.45) is 3.97. The second-order valence-corrected chi connectivity index (χ2v) is 7.08. The minimum atomic E-state index is 0. The zero-order chi connectivity index (χ0) is 14.6. The number of hydrogen-bond donors (Lipinski definition) is 2. The molecule has 0 aromatic rings. The first-order valence-corrected chi connectivity index (χ1v) is 7.43. The Morgan fingerprint density at radius 2 is 1.90 bits per heavy atom. The molecule has 0 aromatic heterocycles. The quantitative estimate of drug-likeness (QED) is 0.807. The van der Waals surface area contributed by atoms with E-state index < -0.39 is 0 Å². The first-order chi connectivity index (χ1) is 8.72. The SMILES string of the molecule is CC(NC(=O)C1CCCC(N)C1)C(C)(C)CN(C)C.Cl.Cl. The summed E-state index contributed by atoms with van der Waals surface area (Å²) in [7, 11) is 4.13. The fourth-order valence-corrected chi connectivity index (χ4v) is 2.94. The lowest BCUT2D eigenvalue weighted by Crippen LogP contribution is -2.49. The third-order valence-corrected chi connectivity index (χ3v) is 4.34. The van der Waals surface area contributed by atoms with E-state index in [0.29, 0.717) is 0 Å². The van der Waals surface area contributed by atoms with Crippen LogP contribution in [-0.4, -0.2) is 43.5 Å². The van der Waals surface area contributed by atoms with Crippen LogP contribution in [0.15, 0.2) is 0 Å². The third-order valence-electron chi connectivity index (χ3n) is 4.34. The predicted molar refractivity (Wildman–Crippen MR) is 94.4 cm³/mol. The van der Waals surface area contributed by atoms with Crippen molar-refractivity contribution >= 4 is 30.7 Å². The van der Waals surface area contributed by atoms with Crippen molar-refractivity contribution in [3.05, 3.63) is 0 Å². The molecule has 0 aromatic carbocycles. The average molecular weight is 342 g/mol. The summed E-state index contributed by atoms with van der Waals surface area (Å²) in [4.78, 5) is 14.5. The van der Waals surface area contributed by atoms with Crippen LogP contribution in [0.1, 0.15) is 46.5 Å². The van der Waals surface area contributed by atoms with Gasteiger partial charge in [-0.2, -0.15) is 0 Å². The Morgan fingerprint density at radius 3 is 2.38 bits per heavy atom. The second kappa shape index (κ2) is 9.88. The fourth-order valence-electron chi connectivity index (χ4n) is 2.94. The highest BCUT2D eigenvalue weighted by Gasteiger charge is 2.31. The Labute approximate surface area is 142 Å². The van der Waals surface area contributed by atoms with Gasteiger partial charge in [-0.05, 0) is 45.7 Å². The van der Waals surface area contributed by atoms with Gasteiger partial charge >= 0.3 is 0 Å². The van der Waals surface area contributed by atoms with Crippen molar-refractivity contribution in [3.8, 4) is 0 Å². The predicted octanol–water partition coefficient (Wildman–Crippen LogP) is 2.44. The summed E-state index contributed by atoms with van der Waals surface area (Å²) < 4.78 is 0. The number of carbonyl (C=O) groups is 1. The van der Waals surface area contributed by atoms with Gasteiger partial charge in [0.15, 0.2) is 0 Å². The van der Waals surface area contributed by atoms with E-state index in [0.717, 1.165) is 32.2 Å². The van der Waals surface area contributed by atoms with Crippen LogP contribution in [-0.2, 0) is 4.79 Å². The molecule has 1 rings (SSSR count). The molecule has 0 bridgehead atoms. The van der Waals surface area contributed by atoms with Crippen LogP contribution in [0.3, 0.4) is 0 Å². The first kappa shape index (κ1) is 23.2. The first-order valence-electron chi connectivity index (χ1n) is 7.43. The summed E-state index contributed by atoms with van der Waals surface area (Å²) in [6, 6.07) is 0.371. The molecule has 0 radical (unpaired) electrons. The van der Waals surface area contributed by atoms with Crippen LogP contribution in [0.5, 0.6) is 0 Å². The van der Waals surface area contributed by atoms with Crippen LogP contribution < -0.4 is 11.1 Å². The number of rotatable bonds is 5. The lowest BCUT2D eigenvalue weighted by Gasteiger charge is -2.36. The molecule has 0 saturated heterocycles. The normalized spacial score (nSPS) is 23.8. The number of nitrogens with zero attached hydrogens (tertiary/aromatic N) is 1. The van der Waals surface area contributed by atoms with Crippen LogP contribution in [0.25, 0.3) is 0 Å². The minimum absolute atomic E-state index is 0. The van der Waals surface area contributed by atoms with E-state index in [1.165, 1.54) is 0 Å². The highest BCUT2D eigenvalue weighted by atomic mass is 35.5. The monoisotopic (exact) mass is 341 g/mol. The van der Waals surface area contributed by atoms with Gasteiger partial charge in [0.05, 0.1) is 0 Å². The number of carbonyl (C=O) groups excluding carboxylic acids is 1. The largest absolute Gasteiger partial charge is 0.353 e. The van der Waals surface area contributed by atoms with Crippen molar-refractivity contribution in [1.82, 2.24) is 10.2 Å². The molecule has 0 spiro atoms. The van der Waals surface area contributed by atoms with Gasteiger partial charge in [0.25, 0.3) is 0 Å². The minimum Gasteiger partial charge on any atom is -0.353 e. The van der Waals surface area contributed by atoms with Crippen molar-refractivity contribution in [1.29, 1.82) is 0 Å². The topological polar surface area (TPSA) is 58.4 Å². The van der Waals surface area contributed by atoms with E-state index in [1.54, 1.807) is 0 Å². The lowest BCUT2D eigenvalue weighted by atomic mass is 9.82. The zero-order valence-electron chi connectivity index (χ0n) is 14.0. The van der Waals surface area contributed by atoms with Crippen molar-refractivity contribution in [2.45, 2.75) is 58.5 Å². The van der Waals surface area contributed by atoms with Gasteiger partial charge < -0.3 is 16.0 Å². The Kier molecular flexibility index (Phi) is 10.9. The number of hydrogen-bond acceptors (Lipinski definition) is 3. The Balaban J connectivity index is 0. The number of nitrogens with two attached hydrogens (primary N) is 1. The molecule has 3 unspecified atom stereocenters. The molecular weight excluding hydrogens is 309 g/mol. The van der Waals surface area contributed by atoms with Gasteiger partial charge in [0.1, 0.15) is 0 Å². The van der Waals surface area contributed by atoms with Crippen molar-refractivity contribution < 1.29 is 4.79 Å². The smallest absolute Gasteiger partial charge is 0.223 e. The number of halogens is 2. The summed E-state index contributed by atoms with van der Waals surface area (Å²) in [5, 5.41) is 3.19. The van der Waals surface area contributed by atoms with E-state index in [-0.39, 0.29) is 54.1 Å². The van der Waals surface area contributed by atoms with E-state index in [9.17, 15) is 4.79 Å². The molecule has 1 amide bonds. The van der Waals surface area contributed by atoms with Crippen LogP contribution in [0.2, 0.25) is 0 Å². The molecule has 1 saturated carbocycles. The third kappa shape index (κ3) is 7.68. The van der Waals surface area contributed by atoms with E-state index in [1.807, 2.05) is 0 Å². The van der Waals surface area contributed by atoms with Gasteiger partial charge in [-0.25, -0.2) is 0 Å². The average Bonchev–Trinajstić information content (AvgIpc) is 2.27. The maximum absolute atomic E-state index is 12.3. The number of amides is 1. The zero-order valence-corrected chi connectivity index (χ0v) is 15.6. The highest BCUT2D eigenvalue weighted by Crippen LogP contribution is 2.25. The van der Waals surface area contributed by atoms with E-state index >= 15 is 0 Å². The molecule has 1 aliphatic carbocycles. The van der Waals surface area contributed by atoms with Crippen molar-refractivity contribution in [3.63, 3.8) is 0 Å². The van der Waals surface area contributed by atoms with Crippen LogP contribution >= 0.6 is 24.8 Å². The van der Waals surface area contributed by atoms with Crippen molar-refractivity contribution in [2.24, 2.45) is 17.1 Å². The van der Waals surface area contributed by atoms with Gasteiger partial charge in [-0.1, -0.05) is 20.3 Å². The lowest BCUT2D eigenvalue weighted by molar-refractivity contribution is -0.127. The fraction of sp³-hybridized carbons (Fsp3) is 0.933. The summed E-state index contributed by atoms with van der Waals surface area (Å²) >= 11 is 0. The van der Waals surface area contributed by atoms with Gasteiger partial charge in [-0.3, -0.25) is 4.79 Å². The molecule has 4 nitrogen and oxygen atoms in total. The summed E-state index contributed by atoms with van der Waals surface area (Å²) in [5.74, 6) is 0.302. The van der Waals surface area contributed by atoms with Crippen molar-refractivity contribution in [2.75, 3.05) is 20.6 Å². The Hall–Kier alpha value is -0.0300. The molecule has 6 heteroatoms. The van der Waals surface area contributed by atoms with E-state index in [4.69, 9.17) is 5.73 Å². The molecule has 1 fully saturated rings. The molecule has 3 atom stereocenters.